The van der Waals surface area contributed by atoms with Crippen molar-refractivity contribution in [1.82, 2.24) is 20.3 Å². The Labute approximate surface area is 132 Å². The van der Waals surface area contributed by atoms with Crippen LogP contribution >= 0.6 is 0 Å². The van der Waals surface area contributed by atoms with Crippen LogP contribution in [0.3, 0.4) is 0 Å². The van der Waals surface area contributed by atoms with E-state index in [0.29, 0.717) is 18.5 Å². The highest BCUT2D eigenvalue weighted by molar-refractivity contribution is 5.85. The zero-order chi connectivity index (χ0) is 16.7. The molecule has 1 aliphatic carbocycles. The molecule has 2 fully saturated rings. The molecule has 3 rings (SSSR count). The smallest absolute Gasteiger partial charge is 0.352 e. The number of rotatable bonds is 4. The van der Waals surface area contributed by atoms with E-state index in [4.69, 9.17) is 4.74 Å². The van der Waals surface area contributed by atoms with Crippen molar-refractivity contribution < 1.29 is 23.4 Å². The van der Waals surface area contributed by atoms with Crippen molar-refractivity contribution in [2.45, 2.75) is 49.2 Å². The number of hydrogen-bond donors (Lipinski definition) is 2. The van der Waals surface area contributed by atoms with Gasteiger partial charge in [0.2, 0.25) is 0 Å². The summed E-state index contributed by atoms with van der Waals surface area (Å²) in [6.07, 6.45) is 1.95. The third kappa shape index (κ3) is 2.61. The number of halogens is 2. The maximum Gasteiger partial charge on any atom is 0.352 e. The highest BCUT2D eigenvalue weighted by atomic mass is 19.3. The number of carbonyl (C=O) groups is 1. The van der Waals surface area contributed by atoms with Gasteiger partial charge in [0.05, 0.1) is 23.9 Å². The Morgan fingerprint density at radius 2 is 2.17 bits per heavy atom. The molecule has 0 unspecified atom stereocenters. The van der Waals surface area contributed by atoms with Gasteiger partial charge in [0.25, 0.3) is 5.91 Å². The molecule has 0 bridgehead atoms. The van der Waals surface area contributed by atoms with Crippen LogP contribution < -0.4 is 0 Å². The van der Waals surface area contributed by atoms with E-state index < -0.39 is 23.5 Å². The van der Waals surface area contributed by atoms with E-state index in [1.807, 2.05) is 0 Å². The molecule has 2 aliphatic rings. The van der Waals surface area contributed by atoms with E-state index in [2.05, 4.69) is 15.4 Å². The highest BCUT2D eigenvalue weighted by Crippen LogP contribution is 2.44. The number of alkyl halides is 2. The first-order valence-corrected chi connectivity index (χ1v) is 7.67. The molecule has 7 nitrogen and oxygen atoms in total. The Bertz CT molecular complexity index is 560. The molecule has 9 heteroatoms. The highest BCUT2D eigenvalue weighted by Gasteiger charge is 2.61. The standard InChI is InChI=1S/C14H20F2N4O3/c1-23-11-8-20(7-9(11)10-6-17-19-18-10)12(21)14(15,16)13(22)4-2-3-5-13/h6,9,11,22H,2-5,7-8H2,1H3,(H,17,18,19)/t9-,11+/m0/s1. The Kier molecular flexibility index (Phi) is 4.09. The van der Waals surface area contributed by atoms with Crippen LogP contribution in [-0.4, -0.2) is 69.2 Å². The fraction of sp³-hybridized carbons (Fsp3) is 0.786. The predicted molar refractivity (Wildman–Crippen MR) is 74.9 cm³/mol. The van der Waals surface area contributed by atoms with Crippen LogP contribution in [0.2, 0.25) is 0 Å². The second-order valence-electron chi connectivity index (χ2n) is 6.30. The number of likely N-dealkylation sites (tertiary alicyclic amines) is 1. The van der Waals surface area contributed by atoms with Crippen LogP contribution in [0, 0.1) is 0 Å². The second-order valence-corrected chi connectivity index (χ2v) is 6.30. The van der Waals surface area contributed by atoms with E-state index >= 15 is 0 Å². The van der Waals surface area contributed by atoms with E-state index in [1.165, 1.54) is 13.3 Å². The van der Waals surface area contributed by atoms with Crippen molar-refractivity contribution in [3.05, 3.63) is 11.9 Å². The molecule has 1 aliphatic heterocycles. The van der Waals surface area contributed by atoms with Gasteiger partial charge in [-0.05, 0) is 12.8 Å². The lowest BCUT2D eigenvalue weighted by Gasteiger charge is -2.33. The first-order valence-electron chi connectivity index (χ1n) is 7.67. The van der Waals surface area contributed by atoms with E-state index in [9.17, 15) is 18.7 Å². The lowest BCUT2D eigenvalue weighted by atomic mass is 9.92. The number of ether oxygens (including phenoxy) is 1. The second kappa shape index (κ2) is 5.79. The molecule has 23 heavy (non-hydrogen) atoms. The van der Waals surface area contributed by atoms with Gasteiger partial charge < -0.3 is 14.7 Å². The average molecular weight is 330 g/mol. The van der Waals surface area contributed by atoms with Gasteiger partial charge in [-0.3, -0.25) is 4.79 Å². The summed E-state index contributed by atoms with van der Waals surface area (Å²) in [6.45, 7) is 0.105. The Balaban J connectivity index is 1.78. The summed E-state index contributed by atoms with van der Waals surface area (Å²) >= 11 is 0. The molecule has 1 saturated carbocycles. The van der Waals surface area contributed by atoms with Gasteiger partial charge >= 0.3 is 5.92 Å². The van der Waals surface area contributed by atoms with Gasteiger partial charge in [0, 0.05) is 20.2 Å². The number of amides is 1. The molecule has 2 N–H and O–H groups in total. The minimum atomic E-state index is -3.79. The summed E-state index contributed by atoms with van der Waals surface area (Å²) < 4.78 is 34.4. The van der Waals surface area contributed by atoms with Gasteiger partial charge in [0.1, 0.15) is 5.60 Å². The van der Waals surface area contributed by atoms with Gasteiger partial charge in [-0.25, -0.2) is 0 Å². The molecular weight excluding hydrogens is 310 g/mol. The molecule has 128 valence electrons. The Hall–Kier alpha value is -1.61. The Morgan fingerprint density at radius 3 is 2.74 bits per heavy atom. The summed E-state index contributed by atoms with van der Waals surface area (Å²) in [6, 6.07) is 0. The molecule has 0 spiro atoms. The van der Waals surface area contributed by atoms with Gasteiger partial charge in [-0.2, -0.15) is 24.2 Å². The van der Waals surface area contributed by atoms with Crippen molar-refractivity contribution in [1.29, 1.82) is 0 Å². The number of aromatic amines is 1. The molecule has 1 amide bonds. The van der Waals surface area contributed by atoms with Crippen LogP contribution in [0.1, 0.15) is 37.3 Å². The first-order chi connectivity index (χ1) is 10.9. The lowest BCUT2D eigenvalue weighted by molar-refractivity contribution is -0.199. The van der Waals surface area contributed by atoms with Crippen molar-refractivity contribution in [2.75, 3.05) is 20.2 Å². The molecule has 0 radical (unpaired) electrons. The number of aliphatic hydroxyl groups is 1. The number of nitrogens with zero attached hydrogens (tertiary/aromatic N) is 3. The number of methoxy groups -OCH3 is 1. The maximum atomic E-state index is 14.5. The van der Waals surface area contributed by atoms with Gasteiger partial charge in [-0.15, -0.1) is 0 Å². The van der Waals surface area contributed by atoms with Crippen LogP contribution in [0.4, 0.5) is 8.78 Å². The molecule has 2 atom stereocenters. The monoisotopic (exact) mass is 330 g/mol. The van der Waals surface area contributed by atoms with Crippen LogP contribution in [-0.2, 0) is 9.53 Å². The zero-order valence-corrected chi connectivity index (χ0v) is 12.8. The summed E-state index contributed by atoms with van der Waals surface area (Å²) in [7, 11) is 1.47. The molecule has 1 saturated heterocycles. The van der Waals surface area contributed by atoms with Crippen LogP contribution in [0.5, 0.6) is 0 Å². The van der Waals surface area contributed by atoms with E-state index in [1.54, 1.807) is 0 Å². The van der Waals surface area contributed by atoms with E-state index in [-0.39, 0.29) is 31.8 Å². The van der Waals surface area contributed by atoms with E-state index in [0.717, 1.165) is 4.90 Å². The molecular formula is C14H20F2N4O3. The average Bonchev–Trinajstić information content (AvgIpc) is 3.26. The molecule has 1 aromatic heterocycles. The fourth-order valence-corrected chi connectivity index (χ4v) is 3.52. The molecule has 0 aromatic carbocycles. The number of hydrogen-bond acceptors (Lipinski definition) is 5. The predicted octanol–water partition coefficient (Wildman–Crippen LogP) is 0.686. The zero-order valence-electron chi connectivity index (χ0n) is 12.8. The number of aromatic nitrogens is 3. The summed E-state index contributed by atoms with van der Waals surface area (Å²) in [5, 5.41) is 20.3. The topological polar surface area (TPSA) is 91.3 Å². The molecule has 1 aromatic rings. The van der Waals surface area contributed by atoms with Crippen LogP contribution in [0.25, 0.3) is 0 Å². The van der Waals surface area contributed by atoms with Crippen molar-refractivity contribution in [2.24, 2.45) is 0 Å². The first kappa shape index (κ1) is 16.3. The third-order valence-corrected chi connectivity index (χ3v) is 4.95. The van der Waals surface area contributed by atoms with Crippen LogP contribution in [0.15, 0.2) is 6.20 Å². The minimum absolute atomic E-state index is 0.0402. The van der Waals surface area contributed by atoms with Crippen molar-refractivity contribution >= 4 is 5.91 Å². The number of carbonyl (C=O) groups excluding carboxylic acids is 1. The van der Waals surface area contributed by atoms with Gasteiger partial charge in [0.15, 0.2) is 0 Å². The normalized spacial score (nSPS) is 27.6. The molecule has 2 heterocycles. The lowest BCUT2D eigenvalue weighted by Crippen LogP contribution is -2.56. The number of H-pyrrole nitrogens is 1. The summed E-state index contributed by atoms with van der Waals surface area (Å²) in [5.41, 5.74) is -1.67. The fourth-order valence-electron chi connectivity index (χ4n) is 3.52. The SMILES string of the molecule is CO[C@@H]1CN(C(=O)C(F)(F)C2(O)CCCC2)C[C@H]1c1cn[nH]n1. The largest absolute Gasteiger partial charge is 0.383 e. The van der Waals surface area contributed by atoms with Gasteiger partial charge in [-0.1, -0.05) is 12.8 Å². The maximum absolute atomic E-state index is 14.5. The number of nitrogens with one attached hydrogen (secondary N) is 1. The van der Waals surface area contributed by atoms with Crippen molar-refractivity contribution in [3.63, 3.8) is 0 Å². The quantitative estimate of drug-likeness (QED) is 0.847. The third-order valence-electron chi connectivity index (χ3n) is 4.95. The summed E-state index contributed by atoms with van der Waals surface area (Å²) in [4.78, 5) is 13.4. The van der Waals surface area contributed by atoms with Crippen molar-refractivity contribution in [3.8, 4) is 0 Å². The summed E-state index contributed by atoms with van der Waals surface area (Å²) in [5.74, 6) is -5.45. The minimum Gasteiger partial charge on any atom is -0.383 e. The Morgan fingerprint density at radius 1 is 1.48 bits per heavy atom.